The Labute approximate surface area is 153 Å². The van der Waals surface area contributed by atoms with Crippen LogP contribution < -0.4 is 14.8 Å². The second-order valence-electron chi connectivity index (χ2n) is 6.26. The zero-order valence-electron chi connectivity index (χ0n) is 15.3. The number of aromatic nitrogens is 2. The first-order valence-corrected chi connectivity index (χ1v) is 9.25. The van der Waals surface area contributed by atoms with Crippen molar-refractivity contribution in [1.82, 2.24) is 10.2 Å². The molecule has 0 aliphatic heterocycles. The quantitative estimate of drug-likeness (QED) is 0.798. The third-order valence-corrected chi connectivity index (χ3v) is 4.42. The summed E-state index contributed by atoms with van der Waals surface area (Å²) < 4.78 is 16.7. The van der Waals surface area contributed by atoms with Crippen LogP contribution in [0.2, 0.25) is 0 Å². The van der Waals surface area contributed by atoms with Gasteiger partial charge in [-0.2, -0.15) is 0 Å². The average Bonchev–Trinajstić information content (AvgIpc) is 3.13. The summed E-state index contributed by atoms with van der Waals surface area (Å²) in [6, 6.07) is 5.19. The Morgan fingerprint density at radius 1 is 1.12 bits per heavy atom. The largest absolute Gasteiger partial charge is 0.490 e. The van der Waals surface area contributed by atoms with E-state index in [-0.39, 0.29) is 11.9 Å². The minimum absolute atomic E-state index is 0.127. The number of rotatable bonds is 7. The summed E-state index contributed by atoms with van der Waals surface area (Å²) in [7, 11) is 0. The van der Waals surface area contributed by atoms with Crippen molar-refractivity contribution in [1.29, 1.82) is 0 Å². The van der Waals surface area contributed by atoms with E-state index in [2.05, 4.69) is 15.5 Å². The lowest BCUT2D eigenvalue weighted by molar-refractivity contribution is 0.102. The number of hydrogen-bond donors (Lipinski definition) is 1. The first kappa shape index (κ1) is 18.2. The normalized spacial score (nSPS) is 14.8. The fourth-order valence-corrected chi connectivity index (χ4v) is 3.16. The molecule has 0 spiro atoms. The smallest absolute Gasteiger partial charge is 0.322 e. The molecular formula is C19H25N3O4. The number of ether oxygens (including phenoxy) is 2. The van der Waals surface area contributed by atoms with Gasteiger partial charge in [0, 0.05) is 11.5 Å². The number of carbonyl (C=O) groups excluding carboxylic acids is 1. The van der Waals surface area contributed by atoms with Crippen LogP contribution in [0.4, 0.5) is 6.01 Å². The van der Waals surface area contributed by atoms with Gasteiger partial charge in [0.25, 0.3) is 5.91 Å². The zero-order chi connectivity index (χ0) is 18.4. The summed E-state index contributed by atoms with van der Waals surface area (Å²) >= 11 is 0. The molecule has 3 rings (SSSR count). The number of anilines is 1. The lowest BCUT2D eigenvalue weighted by Gasteiger charge is -2.17. The minimum atomic E-state index is -0.326. The molecule has 1 fully saturated rings. The minimum Gasteiger partial charge on any atom is -0.490 e. The van der Waals surface area contributed by atoms with Crippen molar-refractivity contribution in [3.8, 4) is 11.5 Å². The van der Waals surface area contributed by atoms with Gasteiger partial charge < -0.3 is 13.9 Å². The van der Waals surface area contributed by atoms with Gasteiger partial charge in [-0.3, -0.25) is 10.1 Å². The Balaban J connectivity index is 1.69. The van der Waals surface area contributed by atoms with Crippen LogP contribution in [0, 0.1) is 0 Å². The maximum absolute atomic E-state index is 12.5. The van der Waals surface area contributed by atoms with Crippen LogP contribution in [0.15, 0.2) is 22.6 Å². The van der Waals surface area contributed by atoms with E-state index in [0.29, 0.717) is 42.1 Å². The molecule has 2 aromatic rings. The highest BCUT2D eigenvalue weighted by Gasteiger charge is 2.22. The second kappa shape index (κ2) is 8.69. The van der Waals surface area contributed by atoms with Gasteiger partial charge in [-0.25, -0.2) is 0 Å². The molecule has 0 radical (unpaired) electrons. The van der Waals surface area contributed by atoms with Gasteiger partial charge in [-0.1, -0.05) is 24.4 Å². The van der Waals surface area contributed by atoms with E-state index in [1.54, 1.807) is 18.2 Å². The van der Waals surface area contributed by atoms with Crippen LogP contribution in [-0.4, -0.2) is 29.3 Å². The second-order valence-corrected chi connectivity index (χ2v) is 6.26. The predicted octanol–water partition coefficient (Wildman–Crippen LogP) is 4.17. The lowest BCUT2D eigenvalue weighted by Crippen LogP contribution is -2.12. The Kier molecular flexibility index (Phi) is 6.09. The maximum Gasteiger partial charge on any atom is 0.322 e. The van der Waals surface area contributed by atoms with E-state index in [4.69, 9.17) is 13.9 Å². The van der Waals surface area contributed by atoms with Gasteiger partial charge in [0.2, 0.25) is 5.89 Å². The number of amides is 1. The van der Waals surface area contributed by atoms with Crippen LogP contribution >= 0.6 is 0 Å². The molecule has 1 aliphatic rings. The third-order valence-electron chi connectivity index (χ3n) is 4.42. The molecule has 0 saturated heterocycles. The number of nitrogens with zero attached hydrogens (tertiary/aromatic N) is 2. The van der Waals surface area contributed by atoms with Crippen molar-refractivity contribution < 1.29 is 18.7 Å². The van der Waals surface area contributed by atoms with E-state index in [1.165, 1.54) is 19.3 Å². The van der Waals surface area contributed by atoms with Gasteiger partial charge in [0.15, 0.2) is 11.5 Å². The van der Waals surface area contributed by atoms with Gasteiger partial charge in [0.1, 0.15) is 0 Å². The third kappa shape index (κ3) is 4.33. The molecule has 26 heavy (non-hydrogen) atoms. The molecule has 1 aromatic carbocycles. The Morgan fingerprint density at radius 3 is 2.58 bits per heavy atom. The van der Waals surface area contributed by atoms with E-state index in [9.17, 15) is 4.79 Å². The number of hydrogen-bond acceptors (Lipinski definition) is 6. The number of carbonyl (C=O) groups is 1. The topological polar surface area (TPSA) is 86.5 Å². The molecule has 7 heteroatoms. The van der Waals surface area contributed by atoms with Crippen LogP contribution in [-0.2, 0) is 0 Å². The monoisotopic (exact) mass is 359 g/mol. The average molecular weight is 359 g/mol. The Morgan fingerprint density at radius 2 is 1.85 bits per heavy atom. The van der Waals surface area contributed by atoms with Crippen LogP contribution in [0.5, 0.6) is 11.5 Å². The Bertz CT molecular complexity index is 738. The van der Waals surface area contributed by atoms with Crippen molar-refractivity contribution in [2.45, 2.75) is 51.9 Å². The lowest BCUT2D eigenvalue weighted by atomic mass is 9.89. The van der Waals surface area contributed by atoms with Crippen molar-refractivity contribution >= 4 is 11.9 Å². The summed E-state index contributed by atoms with van der Waals surface area (Å²) in [6.07, 6.45) is 5.74. The molecular weight excluding hydrogens is 334 g/mol. The highest BCUT2D eigenvalue weighted by atomic mass is 16.5. The van der Waals surface area contributed by atoms with Crippen molar-refractivity contribution in [3.05, 3.63) is 29.7 Å². The zero-order valence-corrected chi connectivity index (χ0v) is 15.3. The molecule has 0 bridgehead atoms. The molecule has 0 unspecified atom stereocenters. The summed E-state index contributed by atoms with van der Waals surface area (Å²) in [5.74, 6) is 1.74. The van der Waals surface area contributed by atoms with Gasteiger partial charge in [-0.05, 0) is 44.9 Å². The summed E-state index contributed by atoms with van der Waals surface area (Å²) in [4.78, 5) is 12.5. The first-order valence-electron chi connectivity index (χ1n) is 9.25. The van der Waals surface area contributed by atoms with Crippen molar-refractivity contribution in [2.24, 2.45) is 0 Å². The van der Waals surface area contributed by atoms with Crippen LogP contribution in [0.1, 0.15) is 68.1 Å². The van der Waals surface area contributed by atoms with E-state index in [1.807, 2.05) is 13.8 Å². The van der Waals surface area contributed by atoms with E-state index in [0.717, 1.165) is 12.8 Å². The Hall–Kier alpha value is -2.57. The fourth-order valence-electron chi connectivity index (χ4n) is 3.16. The predicted molar refractivity (Wildman–Crippen MR) is 96.9 cm³/mol. The molecule has 1 saturated carbocycles. The maximum atomic E-state index is 12.5. The van der Waals surface area contributed by atoms with E-state index < -0.39 is 0 Å². The SMILES string of the molecule is CCOc1ccc(C(=O)Nc2nnc(C3CCCCC3)o2)cc1OCC. The molecule has 1 aromatic heterocycles. The summed E-state index contributed by atoms with van der Waals surface area (Å²) in [5.41, 5.74) is 0.439. The van der Waals surface area contributed by atoms with Gasteiger partial charge in [-0.15, -0.1) is 5.10 Å². The van der Waals surface area contributed by atoms with Gasteiger partial charge >= 0.3 is 6.01 Å². The number of benzene rings is 1. The van der Waals surface area contributed by atoms with Crippen molar-refractivity contribution in [3.63, 3.8) is 0 Å². The van der Waals surface area contributed by atoms with Crippen molar-refractivity contribution in [2.75, 3.05) is 18.5 Å². The molecule has 1 heterocycles. The van der Waals surface area contributed by atoms with Gasteiger partial charge in [0.05, 0.1) is 13.2 Å². The molecule has 1 aliphatic carbocycles. The van der Waals surface area contributed by atoms with Crippen LogP contribution in [0.25, 0.3) is 0 Å². The summed E-state index contributed by atoms with van der Waals surface area (Å²) in [6.45, 7) is 4.79. The highest BCUT2D eigenvalue weighted by molar-refractivity contribution is 6.03. The standard InChI is InChI=1S/C19H25N3O4/c1-3-24-15-11-10-14(12-16(15)25-4-2)17(23)20-19-22-21-18(26-19)13-8-6-5-7-9-13/h10-13H,3-9H2,1-2H3,(H,20,22,23). The highest BCUT2D eigenvalue weighted by Crippen LogP contribution is 2.32. The fraction of sp³-hybridized carbons (Fsp3) is 0.526. The summed E-state index contributed by atoms with van der Waals surface area (Å²) in [5, 5.41) is 10.7. The molecule has 0 atom stereocenters. The molecule has 1 amide bonds. The molecule has 140 valence electrons. The van der Waals surface area contributed by atoms with E-state index >= 15 is 0 Å². The van der Waals surface area contributed by atoms with Crippen LogP contribution in [0.3, 0.4) is 0 Å². The molecule has 7 nitrogen and oxygen atoms in total. The number of nitrogens with one attached hydrogen (secondary N) is 1. The first-order chi connectivity index (χ1) is 12.7. The molecule has 1 N–H and O–H groups in total.